The first-order valence-corrected chi connectivity index (χ1v) is 6.20. The summed E-state index contributed by atoms with van der Waals surface area (Å²) in [7, 11) is 0. The lowest BCUT2D eigenvalue weighted by Gasteiger charge is -2.13. The van der Waals surface area contributed by atoms with Crippen molar-refractivity contribution in [3.63, 3.8) is 0 Å². The molecule has 0 atom stereocenters. The van der Waals surface area contributed by atoms with E-state index in [0.29, 0.717) is 12.6 Å². The quantitative estimate of drug-likeness (QED) is 0.840. The fourth-order valence-corrected chi connectivity index (χ4v) is 2.17. The van der Waals surface area contributed by atoms with Crippen LogP contribution in [0, 0.1) is 6.92 Å². The Morgan fingerprint density at radius 3 is 2.94 bits per heavy atom. The van der Waals surface area contributed by atoms with Gasteiger partial charge in [0.05, 0.1) is 12.2 Å². The van der Waals surface area contributed by atoms with Gasteiger partial charge in [0, 0.05) is 12.2 Å². The third-order valence-corrected chi connectivity index (χ3v) is 3.22. The fourth-order valence-electron chi connectivity index (χ4n) is 2.17. The van der Waals surface area contributed by atoms with Gasteiger partial charge in [-0.25, -0.2) is 4.79 Å². The summed E-state index contributed by atoms with van der Waals surface area (Å²) in [6.45, 7) is 2.49. The summed E-state index contributed by atoms with van der Waals surface area (Å²) in [4.78, 5) is 15.9. The minimum atomic E-state index is -0.0815. The minimum absolute atomic E-state index is 0.0815. The Morgan fingerprint density at radius 1 is 1.47 bits per heavy atom. The molecule has 2 N–H and O–H groups in total. The van der Waals surface area contributed by atoms with Crippen molar-refractivity contribution in [1.29, 1.82) is 0 Å². The molecule has 1 aromatic rings. The van der Waals surface area contributed by atoms with Gasteiger partial charge in [-0.15, -0.1) is 0 Å². The van der Waals surface area contributed by atoms with Crippen LogP contribution < -0.4 is 10.6 Å². The van der Waals surface area contributed by atoms with Crippen LogP contribution in [0.3, 0.4) is 0 Å². The number of aromatic nitrogens is 1. The molecule has 1 heterocycles. The average Bonchev–Trinajstić information content (AvgIpc) is 2.81. The molecular weight excluding hydrogens is 214 g/mol. The molecule has 4 heteroatoms. The highest BCUT2D eigenvalue weighted by atomic mass is 16.2. The molecule has 0 radical (unpaired) electrons. The van der Waals surface area contributed by atoms with Gasteiger partial charge < -0.3 is 10.6 Å². The second-order valence-corrected chi connectivity index (χ2v) is 4.58. The Kier molecular flexibility index (Phi) is 3.96. The smallest absolute Gasteiger partial charge is 0.315 e. The normalized spacial score (nSPS) is 15.8. The van der Waals surface area contributed by atoms with Gasteiger partial charge in [0.2, 0.25) is 0 Å². The van der Waals surface area contributed by atoms with Crippen molar-refractivity contribution in [2.75, 3.05) is 0 Å². The molecule has 0 saturated heterocycles. The van der Waals surface area contributed by atoms with E-state index in [2.05, 4.69) is 15.6 Å². The zero-order chi connectivity index (χ0) is 12.1. The summed E-state index contributed by atoms with van der Waals surface area (Å²) in [6.07, 6.45) is 6.42. The van der Waals surface area contributed by atoms with E-state index in [0.717, 1.165) is 24.1 Å². The van der Waals surface area contributed by atoms with E-state index < -0.39 is 0 Å². The van der Waals surface area contributed by atoms with Crippen LogP contribution >= 0.6 is 0 Å². The summed E-state index contributed by atoms with van der Waals surface area (Å²) in [6, 6.07) is 4.18. The predicted molar refractivity (Wildman–Crippen MR) is 66.6 cm³/mol. The van der Waals surface area contributed by atoms with Crippen LogP contribution in [0.15, 0.2) is 18.3 Å². The van der Waals surface area contributed by atoms with Gasteiger partial charge in [-0.05, 0) is 31.4 Å². The number of hydrogen-bond acceptors (Lipinski definition) is 2. The van der Waals surface area contributed by atoms with E-state index in [1.807, 2.05) is 19.1 Å². The number of carbonyl (C=O) groups is 1. The maximum absolute atomic E-state index is 11.6. The third-order valence-electron chi connectivity index (χ3n) is 3.22. The molecular formula is C13H19N3O. The van der Waals surface area contributed by atoms with Crippen LogP contribution in [-0.2, 0) is 6.54 Å². The maximum atomic E-state index is 11.6. The molecule has 1 fully saturated rings. The van der Waals surface area contributed by atoms with Gasteiger partial charge in [0.15, 0.2) is 0 Å². The number of nitrogens with zero attached hydrogens (tertiary/aromatic N) is 1. The van der Waals surface area contributed by atoms with Gasteiger partial charge in [-0.3, -0.25) is 4.98 Å². The van der Waals surface area contributed by atoms with Crippen molar-refractivity contribution in [1.82, 2.24) is 15.6 Å². The van der Waals surface area contributed by atoms with Crippen LogP contribution in [-0.4, -0.2) is 17.1 Å². The molecule has 92 valence electrons. The van der Waals surface area contributed by atoms with Crippen molar-refractivity contribution in [2.45, 2.75) is 45.2 Å². The third kappa shape index (κ3) is 3.44. The minimum Gasteiger partial charge on any atom is -0.335 e. The first kappa shape index (κ1) is 11.9. The van der Waals surface area contributed by atoms with Crippen LogP contribution in [0.4, 0.5) is 4.79 Å². The molecule has 2 amide bonds. The number of hydrogen-bond donors (Lipinski definition) is 2. The molecule has 1 aliphatic carbocycles. The van der Waals surface area contributed by atoms with Gasteiger partial charge in [0.25, 0.3) is 0 Å². The summed E-state index contributed by atoms with van der Waals surface area (Å²) < 4.78 is 0. The standard InChI is InChI=1S/C13H19N3O/c1-10-5-4-8-14-12(10)9-15-13(17)16-11-6-2-3-7-11/h4-5,8,11H,2-3,6-7,9H2,1H3,(H2,15,16,17). The Hall–Kier alpha value is -1.58. The van der Waals surface area contributed by atoms with Gasteiger partial charge in [-0.2, -0.15) is 0 Å². The van der Waals surface area contributed by atoms with E-state index in [-0.39, 0.29) is 6.03 Å². The predicted octanol–water partition coefficient (Wildman–Crippen LogP) is 2.13. The lowest BCUT2D eigenvalue weighted by atomic mass is 10.2. The molecule has 17 heavy (non-hydrogen) atoms. The van der Waals surface area contributed by atoms with Crippen molar-refractivity contribution in [3.8, 4) is 0 Å². The lowest BCUT2D eigenvalue weighted by Crippen LogP contribution is -2.40. The molecule has 2 rings (SSSR count). The second-order valence-electron chi connectivity index (χ2n) is 4.58. The van der Waals surface area contributed by atoms with Crippen LogP contribution in [0.25, 0.3) is 0 Å². The largest absolute Gasteiger partial charge is 0.335 e. The van der Waals surface area contributed by atoms with Crippen LogP contribution in [0.1, 0.15) is 36.9 Å². The van der Waals surface area contributed by atoms with Gasteiger partial charge in [0.1, 0.15) is 0 Å². The zero-order valence-electron chi connectivity index (χ0n) is 10.2. The van der Waals surface area contributed by atoms with Crippen LogP contribution in [0.2, 0.25) is 0 Å². The Balaban J connectivity index is 1.77. The lowest BCUT2D eigenvalue weighted by molar-refractivity contribution is 0.236. The van der Waals surface area contributed by atoms with Crippen molar-refractivity contribution >= 4 is 6.03 Å². The SMILES string of the molecule is Cc1cccnc1CNC(=O)NC1CCCC1. The van der Waals surface area contributed by atoms with E-state index >= 15 is 0 Å². The first-order valence-electron chi connectivity index (χ1n) is 6.20. The average molecular weight is 233 g/mol. The molecule has 1 aliphatic rings. The number of rotatable bonds is 3. The van der Waals surface area contributed by atoms with Crippen molar-refractivity contribution in [2.24, 2.45) is 0 Å². The number of carbonyl (C=O) groups excluding carboxylic acids is 1. The molecule has 0 aromatic carbocycles. The van der Waals surface area contributed by atoms with Crippen molar-refractivity contribution in [3.05, 3.63) is 29.6 Å². The Morgan fingerprint density at radius 2 is 2.24 bits per heavy atom. The molecule has 0 bridgehead atoms. The molecule has 0 spiro atoms. The van der Waals surface area contributed by atoms with E-state index in [1.165, 1.54) is 12.8 Å². The molecule has 0 aliphatic heterocycles. The number of nitrogens with one attached hydrogen (secondary N) is 2. The number of amides is 2. The molecule has 4 nitrogen and oxygen atoms in total. The Labute approximate surface area is 102 Å². The summed E-state index contributed by atoms with van der Waals surface area (Å²) in [5.74, 6) is 0. The molecule has 1 aromatic heterocycles. The first-order chi connectivity index (χ1) is 8.25. The zero-order valence-corrected chi connectivity index (χ0v) is 10.2. The van der Waals surface area contributed by atoms with E-state index in [4.69, 9.17) is 0 Å². The Bertz CT molecular complexity index is 386. The highest BCUT2D eigenvalue weighted by Gasteiger charge is 2.16. The topological polar surface area (TPSA) is 54.0 Å². The number of pyridine rings is 1. The van der Waals surface area contributed by atoms with E-state index in [9.17, 15) is 4.79 Å². The highest BCUT2D eigenvalue weighted by molar-refractivity contribution is 5.74. The number of urea groups is 1. The monoisotopic (exact) mass is 233 g/mol. The highest BCUT2D eigenvalue weighted by Crippen LogP contribution is 2.17. The van der Waals surface area contributed by atoms with Gasteiger partial charge in [-0.1, -0.05) is 18.9 Å². The number of aryl methyl sites for hydroxylation is 1. The van der Waals surface area contributed by atoms with Crippen LogP contribution in [0.5, 0.6) is 0 Å². The fraction of sp³-hybridized carbons (Fsp3) is 0.538. The van der Waals surface area contributed by atoms with E-state index in [1.54, 1.807) is 6.20 Å². The second kappa shape index (κ2) is 5.66. The van der Waals surface area contributed by atoms with Crippen molar-refractivity contribution < 1.29 is 4.79 Å². The van der Waals surface area contributed by atoms with Gasteiger partial charge >= 0.3 is 6.03 Å². The molecule has 0 unspecified atom stereocenters. The summed E-state index contributed by atoms with van der Waals surface area (Å²) in [5.41, 5.74) is 2.03. The summed E-state index contributed by atoms with van der Waals surface area (Å²) >= 11 is 0. The summed E-state index contributed by atoms with van der Waals surface area (Å²) in [5, 5.41) is 5.84. The maximum Gasteiger partial charge on any atom is 0.315 e. The molecule has 1 saturated carbocycles.